The first-order chi connectivity index (χ1) is 6.05. The van der Waals surface area contributed by atoms with Crippen molar-refractivity contribution < 1.29 is 0 Å². The van der Waals surface area contributed by atoms with Gasteiger partial charge in [0.05, 0.1) is 0 Å². The summed E-state index contributed by atoms with van der Waals surface area (Å²) in [6, 6.07) is 2.00. The number of halogens is 2. The zero-order valence-corrected chi connectivity index (χ0v) is 11.5. The van der Waals surface area contributed by atoms with Crippen LogP contribution in [0.4, 0.5) is 0 Å². The highest BCUT2D eigenvalue weighted by Crippen LogP contribution is 2.26. The van der Waals surface area contributed by atoms with Crippen molar-refractivity contribution in [2.45, 2.75) is 39.3 Å². The Balaban J connectivity index is 3.54. The molecule has 0 rings (SSSR count). The first kappa shape index (κ1) is 13.8. The molecule has 0 aromatic carbocycles. The Labute approximate surface area is 92.8 Å². The van der Waals surface area contributed by atoms with Crippen molar-refractivity contribution in [2.75, 3.05) is 19.6 Å². The summed E-state index contributed by atoms with van der Waals surface area (Å²) in [6.07, 6.45) is 1.15. The van der Waals surface area contributed by atoms with Gasteiger partial charge in [0.25, 0.3) is 6.69 Å². The molecule has 0 aliphatic carbocycles. The van der Waals surface area contributed by atoms with Gasteiger partial charge >= 0.3 is 0 Å². The minimum atomic E-state index is -1.85. The van der Waals surface area contributed by atoms with E-state index in [2.05, 4.69) is 25.7 Å². The Hall–Kier alpha value is 0.757. The Bertz CT molecular complexity index is 127. The Morgan fingerprint density at radius 2 is 1.62 bits per heavy atom. The van der Waals surface area contributed by atoms with Crippen molar-refractivity contribution in [3.63, 3.8) is 0 Å². The van der Waals surface area contributed by atoms with Crippen LogP contribution in [0.1, 0.15) is 27.2 Å². The van der Waals surface area contributed by atoms with E-state index in [9.17, 15) is 0 Å². The molecule has 0 bridgehead atoms. The fourth-order valence-electron chi connectivity index (χ4n) is 1.28. The summed E-state index contributed by atoms with van der Waals surface area (Å²) in [5.41, 5.74) is 0. The van der Waals surface area contributed by atoms with E-state index in [0.717, 1.165) is 38.1 Å². The molecular formula is C9H21Cl2NSi. The highest BCUT2D eigenvalue weighted by Gasteiger charge is 2.24. The minimum Gasteiger partial charge on any atom is -0.304 e. The molecule has 0 aliphatic heterocycles. The molecule has 1 nitrogen and oxygen atoms in total. The zero-order chi connectivity index (χ0) is 10.3. The predicted molar refractivity (Wildman–Crippen MR) is 65.2 cm³/mol. The molecule has 80 valence electrons. The van der Waals surface area contributed by atoms with Crippen LogP contribution in [-0.2, 0) is 0 Å². The third kappa shape index (κ3) is 6.78. The first-order valence-electron chi connectivity index (χ1n) is 5.16. The van der Waals surface area contributed by atoms with E-state index in [-0.39, 0.29) is 0 Å². The number of hydrogen-bond acceptors (Lipinski definition) is 1. The molecule has 0 fully saturated rings. The van der Waals surface area contributed by atoms with Gasteiger partial charge < -0.3 is 4.90 Å². The maximum atomic E-state index is 6.18. The molecule has 4 heteroatoms. The lowest BCUT2D eigenvalue weighted by molar-refractivity contribution is 0.304. The minimum absolute atomic E-state index is 0.967. The molecule has 0 atom stereocenters. The fourth-order valence-corrected chi connectivity index (χ4v) is 3.11. The molecule has 13 heavy (non-hydrogen) atoms. The number of nitrogens with zero attached hydrogens (tertiary/aromatic N) is 1. The molecular weight excluding hydrogens is 221 g/mol. The van der Waals surface area contributed by atoms with Crippen molar-refractivity contribution in [3.05, 3.63) is 0 Å². The first-order valence-corrected chi connectivity index (χ1v) is 9.59. The van der Waals surface area contributed by atoms with Crippen molar-refractivity contribution in [1.82, 2.24) is 4.90 Å². The summed E-state index contributed by atoms with van der Waals surface area (Å²) >= 11 is 12.4. The SMILES string of the molecule is CCN(CC)CCC[Si](Cl)(Cl)CC. The van der Waals surface area contributed by atoms with E-state index in [0.29, 0.717) is 0 Å². The third-order valence-corrected chi connectivity index (χ3v) is 7.29. The van der Waals surface area contributed by atoms with Crippen LogP contribution < -0.4 is 0 Å². The second-order valence-electron chi connectivity index (χ2n) is 3.34. The third-order valence-electron chi connectivity index (χ3n) is 2.43. The Morgan fingerprint density at radius 3 is 2.00 bits per heavy atom. The predicted octanol–water partition coefficient (Wildman–Crippen LogP) is 3.66. The molecule has 0 spiro atoms. The quantitative estimate of drug-likeness (QED) is 0.486. The standard InChI is InChI=1S/C9H21Cl2NSi/c1-4-12(5-2)8-7-9-13(10,11)6-3/h4-9H2,1-3H3. The van der Waals surface area contributed by atoms with E-state index in [1.54, 1.807) is 0 Å². The Kier molecular flexibility index (Phi) is 7.52. The average molecular weight is 242 g/mol. The summed E-state index contributed by atoms with van der Waals surface area (Å²) in [5, 5.41) is 0. The van der Waals surface area contributed by atoms with Crippen LogP contribution in [0.5, 0.6) is 0 Å². The van der Waals surface area contributed by atoms with Gasteiger partial charge in [-0.2, -0.15) is 0 Å². The second-order valence-corrected chi connectivity index (χ2v) is 11.2. The van der Waals surface area contributed by atoms with Crippen LogP contribution in [0.2, 0.25) is 12.1 Å². The molecule has 0 amide bonds. The van der Waals surface area contributed by atoms with Gasteiger partial charge in [0.15, 0.2) is 0 Å². The van der Waals surface area contributed by atoms with Gasteiger partial charge in [0, 0.05) is 0 Å². The highest BCUT2D eigenvalue weighted by molar-refractivity contribution is 7.45. The highest BCUT2D eigenvalue weighted by atomic mass is 35.7. The van der Waals surface area contributed by atoms with Gasteiger partial charge in [-0.15, -0.1) is 22.2 Å². The van der Waals surface area contributed by atoms with Crippen molar-refractivity contribution in [3.8, 4) is 0 Å². The number of hydrogen-bond donors (Lipinski definition) is 0. The molecule has 0 heterocycles. The van der Waals surface area contributed by atoms with Crippen LogP contribution in [0, 0.1) is 0 Å². The zero-order valence-electron chi connectivity index (χ0n) is 8.95. The molecule has 0 saturated heterocycles. The van der Waals surface area contributed by atoms with E-state index in [4.69, 9.17) is 22.2 Å². The van der Waals surface area contributed by atoms with Crippen LogP contribution >= 0.6 is 22.2 Å². The topological polar surface area (TPSA) is 3.24 Å². The van der Waals surface area contributed by atoms with Crippen molar-refractivity contribution >= 4 is 28.9 Å². The van der Waals surface area contributed by atoms with Gasteiger partial charge in [-0.25, -0.2) is 0 Å². The maximum absolute atomic E-state index is 6.18. The molecule has 0 N–H and O–H groups in total. The van der Waals surface area contributed by atoms with Crippen LogP contribution in [-0.4, -0.2) is 31.2 Å². The largest absolute Gasteiger partial charge is 0.304 e. The summed E-state index contributed by atoms with van der Waals surface area (Å²) in [6.45, 7) is 8.01. The smallest absolute Gasteiger partial charge is 0.251 e. The summed E-state index contributed by atoms with van der Waals surface area (Å²) < 4.78 is 0. The van der Waals surface area contributed by atoms with E-state index in [1.165, 1.54) is 0 Å². The number of rotatable bonds is 7. The summed E-state index contributed by atoms with van der Waals surface area (Å²) in [4.78, 5) is 2.41. The second kappa shape index (κ2) is 7.10. The van der Waals surface area contributed by atoms with Crippen molar-refractivity contribution in [2.24, 2.45) is 0 Å². The van der Waals surface area contributed by atoms with Crippen molar-refractivity contribution in [1.29, 1.82) is 0 Å². The van der Waals surface area contributed by atoms with E-state index >= 15 is 0 Å². The van der Waals surface area contributed by atoms with Gasteiger partial charge in [-0.3, -0.25) is 0 Å². The van der Waals surface area contributed by atoms with Gasteiger partial charge in [0.2, 0.25) is 0 Å². The summed E-state index contributed by atoms with van der Waals surface area (Å²) in [5.74, 6) is 0. The fraction of sp³-hybridized carbons (Fsp3) is 1.00. The summed E-state index contributed by atoms with van der Waals surface area (Å²) in [7, 11) is 0. The molecule has 0 unspecified atom stereocenters. The van der Waals surface area contributed by atoms with Crippen LogP contribution in [0.15, 0.2) is 0 Å². The normalized spacial score (nSPS) is 12.5. The molecule has 0 aromatic rings. The van der Waals surface area contributed by atoms with Gasteiger partial charge in [-0.1, -0.05) is 20.8 Å². The van der Waals surface area contributed by atoms with Gasteiger partial charge in [0.1, 0.15) is 0 Å². The monoisotopic (exact) mass is 241 g/mol. The lowest BCUT2D eigenvalue weighted by atomic mass is 10.4. The molecule has 0 aromatic heterocycles. The van der Waals surface area contributed by atoms with E-state index < -0.39 is 6.69 Å². The molecule has 0 saturated carbocycles. The molecule has 0 aliphatic rings. The van der Waals surface area contributed by atoms with Crippen LogP contribution in [0.25, 0.3) is 0 Å². The van der Waals surface area contributed by atoms with Gasteiger partial charge in [-0.05, 0) is 38.1 Å². The van der Waals surface area contributed by atoms with E-state index in [1.807, 2.05) is 0 Å². The maximum Gasteiger partial charge on any atom is 0.251 e. The lowest BCUT2D eigenvalue weighted by Gasteiger charge is -2.20. The lowest BCUT2D eigenvalue weighted by Crippen LogP contribution is -2.26. The average Bonchev–Trinajstić information content (AvgIpc) is 2.12. The van der Waals surface area contributed by atoms with Crippen LogP contribution in [0.3, 0.4) is 0 Å². The molecule has 0 radical (unpaired) electrons. The Morgan fingerprint density at radius 1 is 1.08 bits per heavy atom.